The van der Waals surface area contributed by atoms with E-state index < -0.39 is 0 Å². The topological polar surface area (TPSA) is 103 Å². The third-order valence-corrected chi connectivity index (χ3v) is 6.94. The second kappa shape index (κ2) is 9.09. The first kappa shape index (κ1) is 21.8. The molecule has 5 rings (SSSR count). The van der Waals surface area contributed by atoms with Crippen LogP contribution in [0.5, 0.6) is 0 Å². The number of hydrogen-bond donors (Lipinski definition) is 1. The molecule has 1 amide bonds. The zero-order valence-corrected chi connectivity index (χ0v) is 19.6. The number of carbonyl (C=O) groups excluding carboxylic acids is 1. The van der Waals surface area contributed by atoms with Crippen LogP contribution in [0.25, 0.3) is 22.6 Å². The largest absolute Gasteiger partial charge is 0.381 e. The van der Waals surface area contributed by atoms with Gasteiger partial charge in [0, 0.05) is 57.5 Å². The number of amides is 1. The van der Waals surface area contributed by atoms with Gasteiger partial charge in [0.2, 0.25) is 5.91 Å². The van der Waals surface area contributed by atoms with E-state index >= 15 is 0 Å². The predicted molar refractivity (Wildman–Crippen MR) is 125 cm³/mol. The molecule has 2 saturated heterocycles. The Hall–Kier alpha value is -3.01. The molecule has 176 valence electrons. The standard InChI is InChI=1S/C23H32N8O2/c1-4-31-15(2)18(12-26-31)21-28-19-20(24-14-25-22(19)29(21)3)27-17-6-5-9-30(13-17)23(32)16-7-10-33-11-8-16/h12,14,16-17H,4-11,13H2,1-3H3,(H,24,25,27)/t17-/m0/s1. The first-order chi connectivity index (χ1) is 16.1. The van der Waals surface area contributed by atoms with Crippen LogP contribution in [0.15, 0.2) is 12.5 Å². The first-order valence-corrected chi connectivity index (χ1v) is 11.9. The SMILES string of the molecule is CCn1ncc(-c2nc3c(N[C@H]4CCCN(C(=O)C5CCOCC5)C4)ncnc3n2C)c1C. The Labute approximate surface area is 193 Å². The number of aromatic nitrogens is 6. The molecule has 10 nitrogen and oxygen atoms in total. The number of nitrogens with one attached hydrogen (secondary N) is 1. The molecule has 0 aliphatic carbocycles. The van der Waals surface area contributed by atoms with Crippen molar-refractivity contribution in [3.63, 3.8) is 0 Å². The molecule has 10 heteroatoms. The monoisotopic (exact) mass is 452 g/mol. The number of anilines is 1. The van der Waals surface area contributed by atoms with Gasteiger partial charge in [-0.1, -0.05) is 0 Å². The lowest BCUT2D eigenvalue weighted by Crippen LogP contribution is -2.48. The minimum atomic E-state index is 0.0916. The number of carbonyl (C=O) groups is 1. The van der Waals surface area contributed by atoms with Gasteiger partial charge in [0.25, 0.3) is 0 Å². The fraction of sp³-hybridized carbons (Fsp3) is 0.609. The van der Waals surface area contributed by atoms with E-state index in [0.717, 1.165) is 67.0 Å². The summed E-state index contributed by atoms with van der Waals surface area (Å²) in [5, 5.41) is 8.04. The lowest BCUT2D eigenvalue weighted by molar-refractivity contribution is -0.139. The summed E-state index contributed by atoms with van der Waals surface area (Å²) in [4.78, 5) is 28.9. The Balaban J connectivity index is 1.37. The Kier molecular flexibility index (Phi) is 6.01. The molecule has 1 N–H and O–H groups in total. The van der Waals surface area contributed by atoms with E-state index in [1.165, 1.54) is 0 Å². The van der Waals surface area contributed by atoms with Crippen molar-refractivity contribution in [3.05, 3.63) is 18.2 Å². The summed E-state index contributed by atoms with van der Waals surface area (Å²) in [6.07, 6.45) is 7.05. The van der Waals surface area contributed by atoms with E-state index in [4.69, 9.17) is 9.72 Å². The molecule has 2 aliphatic rings. The Bertz CT molecular complexity index is 1150. The fourth-order valence-electron chi connectivity index (χ4n) is 5.02. The summed E-state index contributed by atoms with van der Waals surface area (Å²) < 4.78 is 9.38. The molecule has 1 atom stereocenters. The molecule has 5 heterocycles. The minimum absolute atomic E-state index is 0.0916. The highest BCUT2D eigenvalue weighted by atomic mass is 16.5. The highest BCUT2D eigenvalue weighted by Gasteiger charge is 2.30. The van der Waals surface area contributed by atoms with Crippen LogP contribution < -0.4 is 5.32 Å². The summed E-state index contributed by atoms with van der Waals surface area (Å²) >= 11 is 0. The minimum Gasteiger partial charge on any atom is -0.381 e. The maximum Gasteiger partial charge on any atom is 0.225 e. The highest BCUT2D eigenvalue weighted by molar-refractivity contribution is 5.86. The molecular formula is C23H32N8O2. The van der Waals surface area contributed by atoms with E-state index in [9.17, 15) is 4.79 Å². The van der Waals surface area contributed by atoms with Gasteiger partial charge in [-0.15, -0.1) is 0 Å². The molecular weight excluding hydrogens is 420 g/mol. The number of aryl methyl sites for hydroxylation is 2. The summed E-state index contributed by atoms with van der Waals surface area (Å²) in [5.41, 5.74) is 3.59. The number of ether oxygens (including phenoxy) is 1. The maximum absolute atomic E-state index is 13.0. The molecule has 0 radical (unpaired) electrons. The van der Waals surface area contributed by atoms with Gasteiger partial charge in [-0.05, 0) is 39.5 Å². The van der Waals surface area contributed by atoms with Crippen LogP contribution in [0.2, 0.25) is 0 Å². The average Bonchev–Trinajstić information content (AvgIpc) is 3.39. The highest BCUT2D eigenvalue weighted by Crippen LogP contribution is 2.29. The van der Waals surface area contributed by atoms with Gasteiger partial charge in [0.1, 0.15) is 12.2 Å². The lowest BCUT2D eigenvalue weighted by Gasteiger charge is -2.36. The summed E-state index contributed by atoms with van der Waals surface area (Å²) in [6, 6.07) is 0.135. The first-order valence-electron chi connectivity index (χ1n) is 11.9. The fourth-order valence-corrected chi connectivity index (χ4v) is 5.02. The van der Waals surface area contributed by atoms with E-state index in [-0.39, 0.29) is 17.9 Å². The van der Waals surface area contributed by atoms with Crippen molar-refractivity contribution < 1.29 is 9.53 Å². The molecule has 2 fully saturated rings. The van der Waals surface area contributed by atoms with Gasteiger partial charge in [-0.3, -0.25) is 9.48 Å². The van der Waals surface area contributed by atoms with Crippen LogP contribution >= 0.6 is 0 Å². The summed E-state index contributed by atoms with van der Waals surface area (Å²) in [5.74, 6) is 1.90. The third-order valence-electron chi connectivity index (χ3n) is 6.94. The van der Waals surface area contributed by atoms with Crippen molar-refractivity contribution in [2.45, 2.75) is 52.1 Å². The third kappa shape index (κ3) is 4.07. The molecule has 0 saturated carbocycles. The van der Waals surface area contributed by atoms with E-state index in [1.54, 1.807) is 6.33 Å². The Morgan fingerprint density at radius 3 is 2.82 bits per heavy atom. The molecule has 0 aromatic carbocycles. The van der Waals surface area contributed by atoms with Crippen molar-refractivity contribution in [1.29, 1.82) is 0 Å². The zero-order valence-electron chi connectivity index (χ0n) is 19.6. The van der Waals surface area contributed by atoms with Crippen LogP contribution in [0.3, 0.4) is 0 Å². The molecule has 3 aromatic rings. The van der Waals surface area contributed by atoms with Crippen molar-refractivity contribution in [3.8, 4) is 11.4 Å². The van der Waals surface area contributed by atoms with Crippen molar-refractivity contribution in [2.24, 2.45) is 13.0 Å². The molecule has 0 bridgehead atoms. The number of fused-ring (bicyclic) bond motifs is 1. The van der Waals surface area contributed by atoms with Crippen LogP contribution in [0, 0.1) is 12.8 Å². The van der Waals surface area contributed by atoms with Crippen molar-refractivity contribution >= 4 is 22.9 Å². The van der Waals surface area contributed by atoms with E-state index in [2.05, 4.69) is 34.2 Å². The van der Waals surface area contributed by atoms with Gasteiger partial charge in [0.05, 0.1) is 11.8 Å². The lowest BCUT2D eigenvalue weighted by atomic mass is 9.96. The predicted octanol–water partition coefficient (Wildman–Crippen LogP) is 2.38. The molecule has 0 unspecified atom stereocenters. The number of nitrogens with zero attached hydrogens (tertiary/aromatic N) is 7. The smallest absolute Gasteiger partial charge is 0.225 e. The van der Waals surface area contributed by atoms with Crippen LogP contribution in [0.1, 0.15) is 38.3 Å². The molecule has 3 aromatic heterocycles. The van der Waals surface area contributed by atoms with Gasteiger partial charge in [-0.2, -0.15) is 5.10 Å². The summed E-state index contributed by atoms with van der Waals surface area (Å²) in [7, 11) is 1.97. The van der Waals surface area contributed by atoms with Crippen molar-refractivity contribution in [2.75, 3.05) is 31.6 Å². The van der Waals surface area contributed by atoms with Gasteiger partial charge in [0.15, 0.2) is 17.0 Å². The number of likely N-dealkylation sites (tertiary alicyclic amines) is 1. The van der Waals surface area contributed by atoms with E-state index in [0.29, 0.717) is 25.6 Å². The van der Waals surface area contributed by atoms with Gasteiger partial charge >= 0.3 is 0 Å². The zero-order chi connectivity index (χ0) is 22.9. The van der Waals surface area contributed by atoms with Crippen molar-refractivity contribution in [1.82, 2.24) is 34.2 Å². The molecule has 0 spiro atoms. The summed E-state index contributed by atoms with van der Waals surface area (Å²) in [6.45, 7) is 7.82. The Morgan fingerprint density at radius 1 is 1.24 bits per heavy atom. The average molecular weight is 453 g/mol. The van der Waals surface area contributed by atoms with Crippen LogP contribution in [-0.2, 0) is 23.1 Å². The Morgan fingerprint density at radius 2 is 2.06 bits per heavy atom. The second-order valence-electron chi connectivity index (χ2n) is 9.00. The molecule has 33 heavy (non-hydrogen) atoms. The van der Waals surface area contributed by atoms with Gasteiger partial charge < -0.3 is 19.5 Å². The normalized spacial score (nSPS) is 19.8. The van der Waals surface area contributed by atoms with E-state index in [1.807, 2.05) is 27.4 Å². The van der Waals surface area contributed by atoms with Crippen LogP contribution in [-0.4, -0.2) is 72.5 Å². The quantitative estimate of drug-likeness (QED) is 0.634. The van der Waals surface area contributed by atoms with Crippen LogP contribution in [0.4, 0.5) is 5.82 Å². The number of rotatable bonds is 5. The number of hydrogen-bond acceptors (Lipinski definition) is 7. The second-order valence-corrected chi connectivity index (χ2v) is 9.00. The number of imidazole rings is 1. The molecule has 2 aliphatic heterocycles. The number of piperidine rings is 1. The van der Waals surface area contributed by atoms with Gasteiger partial charge in [-0.25, -0.2) is 15.0 Å². The maximum atomic E-state index is 13.0.